The molecular formula is C31H32N4O5. The number of anilines is 1. The molecule has 3 aromatic carbocycles. The molecular weight excluding hydrogens is 508 g/mol. The van der Waals surface area contributed by atoms with E-state index in [2.05, 4.69) is 15.7 Å². The molecule has 40 heavy (non-hydrogen) atoms. The van der Waals surface area contributed by atoms with Crippen LogP contribution in [0, 0.1) is 6.92 Å². The number of nitrogens with one attached hydrogen (secondary N) is 2. The summed E-state index contributed by atoms with van der Waals surface area (Å²) in [5, 5.41) is 10.2. The summed E-state index contributed by atoms with van der Waals surface area (Å²) in [7, 11) is 3.07. The second-order valence-corrected chi connectivity index (χ2v) is 9.33. The first kappa shape index (κ1) is 28.1. The van der Waals surface area contributed by atoms with Crippen LogP contribution in [0.1, 0.15) is 40.2 Å². The molecule has 2 atom stereocenters. The van der Waals surface area contributed by atoms with E-state index in [4.69, 9.17) is 9.47 Å². The molecule has 0 unspecified atom stereocenters. The van der Waals surface area contributed by atoms with Crippen molar-refractivity contribution in [1.29, 1.82) is 0 Å². The van der Waals surface area contributed by atoms with Gasteiger partial charge in [0.05, 0.1) is 18.5 Å². The Labute approximate surface area is 233 Å². The van der Waals surface area contributed by atoms with Gasteiger partial charge in [-0.2, -0.15) is 5.10 Å². The molecule has 0 aliphatic rings. The number of hydrogen-bond donors (Lipinski definition) is 2. The molecule has 9 nitrogen and oxygen atoms in total. The number of carbonyl (C=O) groups is 3. The standard InChI is InChI=1S/C31H32N4O5/c1-20-27(33-31(38)40-21(2)23-13-9-6-10-14-23)28(34-35(20)3)24-15-17-25(18-16-24)29(36)32-26(30(37)39-4)19-22-11-7-5-8-12-22/h5-18,21,26H,19H2,1-4H3,(H,32,36)(H,33,38)/t21-,26-/m1/s1. The maximum absolute atomic E-state index is 13.0. The molecule has 9 heteroatoms. The molecule has 4 rings (SSSR count). The summed E-state index contributed by atoms with van der Waals surface area (Å²) in [5.41, 5.74) is 4.63. The molecule has 0 fully saturated rings. The number of nitrogens with zero attached hydrogens (tertiary/aromatic N) is 2. The predicted molar refractivity (Wildman–Crippen MR) is 152 cm³/mol. The third kappa shape index (κ3) is 6.74. The van der Waals surface area contributed by atoms with Gasteiger partial charge in [-0.1, -0.05) is 72.8 Å². The van der Waals surface area contributed by atoms with Crippen molar-refractivity contribution in [1.82, 2.24) is 15.1 Å². The molecule has 0 bridgehead atoms. The van der Waals surface area contributed by atoms with Crippen molar-refractivity contribution < 1.29 is 23.9 Å². The van der Waals surface area contributed by atoms with Gasteiger partial charge in [-0.3, -0.25) is 14.8 Å². The third-order valence-corrected chi connectivity index (χ3v) is 6.61. The van der Waals surface area contributed by atoms with Crippen LogP contribution in [0.25, 0.3) is 11.3 Å². The van der Waals surface area contributed by atoms with Crippen LogP contribution >= 0.6 is 0 Å². The Balaban J connectivity index is 1.48. The number of esters is 1. The maximum Gasteiger partial charge on any atom is 0.412 e. The van der Waals surface area contributed by atoms with Crippen molar-refractivity contribution in [2.75, 3.05) is 12.4 Å². The van der Waals surface area contributed by atoms with Gasteiger partial charge in [0.1, 0.15) is 17.8 Å². The predicted octanol–water partition coefficient (Wildman–Crippen LogP) is 5.22. The number of hydrogen-bond acceptors (Lipinski definition) is 6. The Kier molecular flexibility index (Phi) is 8.96. The Hall–Kier alpha value is -4.92. The van der Waals surface area contributed by atoms with Crippen LogP contribution in [0.2, 0.25) is 0 Å². The van der Waals surface area contributed by atoms with Crippen molar-refractivity contribution in [3.05, 3.63) is 107 Å². The van der Waals surface area contributed by atoms with Gasteiger partial charge in [0.2, 0.25) is 0 Å². The highest BCUT2D eigenvalue weighted by molar-refractivity contribution is 5.98. The molecule has 1 heterocycles. The van der Waals surface area contributed by atoms with Crippen LogP contribution < -0.4 is 10.6 Å². The molecule has 0 aliphatic heterocycles. The van der Waals surface area contributed by atoms with Crippen LogP contribution in [-0.4, -0.2) is 40.9 Å². The SMILES string of the molecule is COC(=O)[C@@H](Cc1ccccc1)NC(=O)c1ccc(-c2nn(C)c(C)c2NC(=O)O[C@H](C)c2ccccc2)cc1. The van der Waals surface area contributed by atoms with E-state index in [1.165, 1.54) is 7.11 Å². The lowest BCUT2D eigenvalue weighted by Crippen LogP contribution is -2.43. The van der Waals surface area contributed by atoms with E-state index in [0.29, 0.717) is 28.9 Å². The van der Waals surface area contributed by atoms with Crippen LogP contribution in [-0.2, 0) is 27.7 Å². The number of ether oxygens (including phenoxy) is 2. The first-order chi connectivity index (χ1) is 19.3. The third-order valence-electron chi connectivity index (χ3n) is 6.61. The summed E-state index contributed by atoms with van der Waals surface area (Å²) in [4.78, 5) is 38.1. The minimum Gasteiger partial charge on any atom is -0.467 e. The average molecular weight is 541 g/mol. The van der Waals surface area contributed by atoms with Gasteiger partial charge in [0.15, 0.2) is 0 Å². The first-order valence-electron chi connectivity index (χ1n) is 12.9. The van der Waals surface area contributed by atoms with Crippen LogP contribution in [0.15, 0.2) is 84.9 Å². The van der Waals surface area contributed by atoms with E-state index >= 15 is 0 Å². The molecule has 4 aromatic rings. The topological polar surface area (TPSA) is 112 Å². The number of carbonyl (C=O) groups excluding carboxylic acids is 3. The summed E-state index contributed by atoms with van der Waals surface area (Å²) in [6.45, 7) is 3.65. The summed E-state index contributed by atoms with van der Waals surface area (Å²) >= 11 is 0. The lowest BCUT2D eigenvalue weighted by Gasteiger charge is -2.17. The van der Waals surface area contributed by atoms with Gasteiger partial charge >= 0.3 is 12.1 Å². The van der Waals surface area contributed by atoms with E-state index in [1.54, 1.807) is 42.9 Å². The molecule has 0 aliphatic carbocycles. The highest BCUT2D eigenvalue weighted by Crippen LogP contribution is 2.30. The Morgan fingerprint density at radius 3 is 2.17 bits per heavy atom. The van der Waals surface area contributed by atoms with Gasteiger partial charge < -0.3 is 14.8 Å². The fourth-order valence-electron chi connectivity index (χ4n) is 4.25. The van der Waals surface area contributed by atoms with Crippen LogP contribution in [0.3, 0.4) is 0 Å². The molecule has 0 saturated carbocycles. The number of methoxy groups -OCH3 is 1. The van der Waals surface area contributed by atoms with Gasteiger partial charge in [0.25, 0.3) is 5.91 Å². The first-order valence-corrected chi connectivity index (χ1v) is 12.9. The fraction of sp³-hybridized carbons (Fsp3) is 0.226. The molecule has 1 aromatic heterocycles. The average Bonchev–Trinajstić information content (AvgIpc) is 3.25. The lowest BCUT2D eigenvalue weighted by molar-refractivity contribution is -0.142. The second kappa shape index (κ2) is 12.8. The molecule has 2 amide bonds. The molecule has 2 N–H and O–H groups in total. The quantitative estimate of drug-likeness (QED) is 0.282. The highest BCUT2D eigenvalue weighted by Gasteiger charge is 2.23. The van der Waals surface area contributed by atoms with Gasteiger partial charge in [-0.05, 0) is 37.1 Å². The molecule has 0 spiro atoms. The largest absolute Gasteiger partial charge is 0.467 e. The van der Waals surface area contributed by atoms with Crippen molar-refractivity contribution in [2.45, 2.75) is 32.4 Å². The summed E-state index contributed by atoms with van der Waals surface area (Å²) < 4.78 is 12.1. The van der Waals surface area contributed by atoms with E-state index in [1.807, 2.05) is 67.6 Å². The van der Waals surface area contributed by atoms with E-state index in [0.717, 1.165) is 16.8 Å². The molecule has 0 radical (unpaired) electrons. The van der Waals surface area contributed by atoms with E-state index in [-0.39, 0.29) is 0 Å². The number of amides is 2. The number of aromatic nitrogens is 2. The smallest absolute Gasteiger partial charge is 0.412 e. The summed E-state index contributed by atoms with van der Waals surface area (Å²) in [6.07, 6.45) is -0.731. The van der Waals surface area contributed by atoms with Gasteiger partial charge in [-0.25, -0.2) is 9.59 Å². The zero-order chi connectivity index (χ0) is 28.6. The normalized spacial score (nSPS) is 12.2. The number of benzene rings is 3. The van der Waals surface area contributed by atoms with Gasteiger partial charge in [0, 0.05) is 24.6 Å². The number of aryl methyl sites for hydroxylation is 1. The Bertz CT molecular complexity index is 1470. The maximum atomic E-state index is 13.0. The molecule has 0 saturated heterocycles. The zero-order valence-electron chi connectivity index (χ0n) is 22.9. The van der Waals surface area contributed by atoms with Crippen molar-refractivity contribution in [3.63, 3.8) is 0 Å². The van der Waals surface area contributed by atoms with Crippen molar-refractivity contribution >= 4 is 23.7 Å². The fourth-order valence-corrected chi connectivity index (χ4v) is 4.25. The van der Waals surface area contributed by atoms with Crippen LogP contribution in [0.4, 0.5) is 10.5 Å². The van der Waals surface area contributed by atoms with Crippen molar-refractivity contribution in [3.8, 4) is 11.3 Å². The lowest BCUT2D eigenvalue weighted by atomic mass is 10.0. The van der Waals surface area contributed by atoms with E-state index in [9.17, 15) is 14.4 Å². The zero-order valence-corrected chi connectivity index (χ0v) is 22.9. The minimum absolute atomic E-state index is 0.304. The summed E-state index contributed by atoms with van der Waals surface area (Å²) in [6, 6.07) is 24.8. The van der Waals surface area contributed by atoms with Gasteiger partial charge in [-0.15, -0.1) is 0 Å². The Morgan fingerprint density at radius 2 is 1.55 bits per heavy atom. The van der Waals surface area contributed by atoms with Crippen LogP contribution in [0.5, 0.6) is 0 Å². The van der Waals surface area contributed by atoms with E-state index < -0.39 is 30.1 Å². The minimum atomic E-state index is -0.835. The Morgan fingerprint density at radius 1 is 0.925 bits per heavy atom. The molecule has 206 valence electrons. The number of rotatable bonds is 9. The second-order valence-electron chi connectivity index (χ2n) is 9.33. The highest BCUT2D eigenvalue weighted by atomic mass is 16.6. The van der Waals surface area contributed by atoms with Crippen molar-refractivity contribution in [2.24, 2.45) is 7.05 Å². The monoisotopic (exact) mass is 540 g/mol. The summed E-state index contributed by atoms with van der Waals surface area (Å²) in [5.74, 6) is -0.936.